The molecular formula is C18H20N2O12. The molecule has 0 spiro atoms. The summed E-state index contributed by atoms with van der Waals surface area (Å²) in [4.78, 5) is 61.9. The fraction of sp³-hybridized carbons (Fsp3) is 0.500. The summed E-state index contributed by atoms with van der Waals surface area (Å²) in [5.74, 6) is -7.90. The van der Waals surface area contributed by atoms with Gasteiger partial charge in [0.1, 0.15) is 6.20 Å². The number of pyridine rings is 1. The van der Waals surface area contributed by atoms with Gasteiger partial charge in [-0.1, -0.05) is 0 Å². The Balaban J connectivity index is 2.66. The SMILES string of the molecule is COC(=O)[C@]1(Oc2cccnc2[N+](=O)[O-])OC[C@@H](OC(C)=O)[C@@H](OC(C)=O)[C@@H]1OC(C)=O. The van der Waals surface area contributed by atoms with Gasteiger partial charge < -0.3 is 38.5 Å². The molecule has 1 aliphatic heterocycles. The van der Waals surface area contributed by atoms with E-state index in [2.05, 4.69) is 4.98 Å². The summed E-state index contributed by atoms with van der Waals surface area (Å²) in [7, 11) is 0.957. The third-order valence-electron chi connectivity index (χ3n) is 4.07. The Kier molecular flexibility index (Phi) is 7.64. The summed E-state index contributed by atoms with van der Waals surface area (Å²) in [6, 6.07) is 2.39. The molecule has 2 heterocycles. The molecular weight excluding hydrogens is 436 g/mol. The molecule has 0 saturated carbocycles. The van der Waals surface area contributed by atoms with E-state index in [0.29, 0.717) is 0 Å². The lowest BCUT2D eigenvalue weighted by Gasteiger charge is -2.45. The molecule has 1 aromatic heterocycles. The number of carbonyl (C=O) groups is 4. The second-order valence-electron chi connectivity index (χ2n) is 6.41. The van der Waals surface area contributed by atoms with Crippen LogP contribution in [0.1, 0.15) is 20.8 Å². The first-order valence-corrected chi connectivity index (χ1v) is 9.04. The Morgan fingerprint density at radius 2 is 1.75 bits per heavy atom. The zero-order valence-corrected chi connectivity index (χ0v) is 17.5. The summed E-state index contributed by atoms with van der Waals surface area (Å²) in [6.45, 7) is 2.49. The number of esters is 4. The molecule has 0 aliphatic carbocycles. The zero-order valence-electron chi connectivity index (χ0n) is 17.5. The third kappa shape index (κ3) is 5.26. The highest BCUT2D eigenvalue weighted by atomic mass is 16.8. The number of nitrogens with zero attached hydrogens (tertiary/aromatic N) is 2. The van der Waals surface area contributed by atoms with Crippen LogP contribution < -0.4 is 4.74 Å². The number of rotatable bonds is 7. The van der Waals surface area contributed by atoms with Crippen LogP contribution in [0.25, 0.3) is 0 Å². The molecule has 32 heavy (non-hydrogen) atoms. The van der Waals surface area contributed by atoms with Gasteiger partial charge in [0.2, 0.25) is 11.9 Å². The van der Waals surface area contributed by atoms with E-state index < -0.39 is 71.1 Å². The number of nitro groups is 1. The van der Waals surface area contributed by atoms with Crippen LogP contribution in [0.5, 0.6) is 5.75 Å². The van der Waals surface area contributed by atoms with Crippen molar-refractivity contribution < 1.29 is 52.5 Å². The van der Waals surface area contributed by atoms with Gasteiger partial charge in [0.15, 0.2) is 12.2 Å². The lowest BCUT2D eigenvalue weighted by molar-refractivity contribution is -0.392. The second-order valence-corrected chi connectivity index (χ2v) is 6.41. The molecule has 0 amide bonds. The number of hydrogen-bond donors (Lipinski definition) is 0. The molecule has 2 rings (SSSR count). The van der Waals surface area contributed by atoms with Gasteiger partial charge in [0.25, 0.3) is 0 Å². The van der Waals surface area contributed by atoms with Crippen molar-refractivity contribution in [2.45, 2.75) is 44.9 Å². The minimum Gasteiger partial charge on any atom is -0.464 e. The molecule has 0 aromatic carbocycles. The van der Waals surface area contributed by atoms with E-state index in [1.807, 2.05) is 0 Å². The molecule has 1 aliphatic rings. The maximum Gasteiger partial charge on any atom is 0.406 e. The molecule has 0 N–H and O–H groups in total. The van der Waals surface area contributed by atoms with Crippen molar-refractivity contribution in [2.75, 3.05) is 13.7 Å². The monoisotopic (exact) mass is 456 g/mol. The van der Waals surface area contributed by atoms with Crippen LogP contribution >= 0.6 is 0 Å². The van der Waals surface area contributed by atoms with Gasteiger partial charge in [-0.3, -0.25) is 14.4 Å². The van der Waals surface area contributed by atoms with Crippen LogP contribution in [0.2, 0.25) is 0 Å². The van der Waals surface area contributed by atoms with Gasteiger partial charge in [0, 0.05) is 20.8 Å². The largest absolute Gasteiger partial charge is 0.464 e. The number of ether oxygens (including phenoxy) is 6. The predicted octanol–water partition coefficient (Wildman–Crippen LogP) is 0.0632. The maximum absolute atomic E-state index is 12.8. The summed E-state index contributed by atoms with van der Waals surface area (Å²) in [5.41, 5.74) is 0. The summed E-state index contributed by atoms with van der Waals surface area (Å²) >= 11 is 0. The Morgan fingerprint density at radius 3 is 2.28 bits per heavy atom. The van der Waals surface area contributed by atoms with Crippen LogP contribution in [-0.4, -0.2) is 71.6 Å². The molecule has 0 bridgehead atoms. The lowest BCUT2D eigenvalue weighted by Crippen LogP contribution is -2.69. The Morgan fingerprint density at radius 1 is 1.12 bits per heavy atom. The highest BCUT2D eigenvalue weighted by Crippen LogP contribution is 2.37. The summed E-state index contributed by atoms with van der Waals surface area (Å²) in [5, 5.41) is 11.3. The van der Waals surface area contributed by atoms with E-state index in [0.717, 1.165) is 40.1 Å². The van der Waals surface area contributed by atoms with E-state index in [4.69, 9.17) is 28.4 Å². The van der Waals surface area contributed by atoms with Crippen molar-refractivity contribution in [3.05, 3.63) is 28.4 Å². The van der Waals surface area contributed by atoms with Gasteiger partial charge >= 0.3 is 35.5 Å². The fourth-order valence-electron chi connectivity index (χ4n) is 2.97. The molecule has 4 atom stereocenters. The highest BCUT2D eigenvalue weighted by Gasteiger charge is 2.64. The van der Waals surface area contributed by atoms with Crippen LogP contribution in [0.3, 0.4) is 0 Å². The minimum atomic E-state index is -2.68. The van der Waals surface area contributed by atoms with Crippen molar-refractivity contribution in [3.8, 4) is 5.75 Å². The minimum absolute atomic E-state index is 0.535. The molecule has 1 aromatic rings. The van der Waals surface area contributed by atoms with E-state index >= 15 is 0 Å². The number of aromatic nitrogens is 1. The zero-order chi connectivity index (χ0) is 24.1. The topological polar surface area (TPSA) is 180 Å². The number of carbonyl (C=O) groups excluding carboxylic acids is 4. The first-order valence-electron chi connectivity index (χ1n) is 9.04. The number of methoxy groups -OCH3 is 1. The van der Waals surface area contributed by atoms with Crippen molar-refractivity contribution in [1.82, 2.24) is 4.98 Å². The second kappa shape index (κ2) is 10.00. The Bertz CT molecular complexity index is 919. The van der Waals surface area contributed by atoms with Gasteiger partial charge in [-0.15, -0.1) is 0 Å². The van der Waals surface area contributed by atoms with Crippen LogP contribution in [-0.2, 0) is 42.9 Å². The van der Waals surface area contributed by atoms with E-state index in [9.17, 15) is 29.3 Å². The molecule has 174 valence electrons. The van der Waals surface area contributed by atoms with Crippen LogP contribution in [0.15, 0.2) is 18.3 Å². The van der Waals surface area contributed by atoms with Gasteiger partial charge in [0.05, 0.1) is 13.7 Å². The van der Waals surface area contributed by atoms with Gasteiger partial charge in [-0.2, -0.15) is 0 Å². The smallest absolute Gasteiger partial charge is 0.406 e. The third-order valence-corrected chi connectivity index (χ3v) is 4.07. The molecule has 1 saturated heterocycles. The van der Waals surface area contributed by atoms with Crippen LogP contribution in [0, 0.1) is 10.1 Å². The summed E-state index contributed by atoms with van der Waals surface area (Å²) in [6.07, 6.45) is -3.69. The molecule has 0 unspecified atom stereocenters. The van der Waals surface area contributed by atoms with Crippen molar-refractivity contribution in [3.63, 3.8) is 0 Å². The first kappa shape index (κ1) is 24.5. The predicted molar refractivity (Wildman–Crippen MR) is 98.9 cm³/mol. The van der Waals surface area contributed by atoms with E-state index in [1.54, 1.807) is 0 Å². The Hall–Kier alpha value is -3.81. The van der Waals surface area contributed by atoms with Gasteiger partial charge in [-0.25, -0.2) is 4.79 Å². The molecule has 0 radical (unpaired) electrons. The van der Waals surface area contributed by atoms with Gasteiger partial charge in [-0.05, 0) is 22.0 Å². The van der Waals surface area contributed by atoms with E-state index in [-0.39, 0.29) is 0 Å². The van der Waals surface area contributed by atoms with E-state index in [1.165, 1.54) is 6.07 Å². The summed E-state index contributed by atoms with van der Waals surface area (Å²) < 4.78 is 31.2. The molecule has 14 heteroatoms. The van der Waals surface area contributed by atoms with Crippen molar-refractivity contribution in [1.29, 1.82) is 0 Å². The van der Waals surface area contributed by atoms with Crippen LogP contribution in [0.4, 0.5) is 5.82 Å². The first-order chi connectivity index (χ1) is 15.0. The standard InChI is InChI=1S/C18H20N2O12/c1-9(21)29-13-8-28-18(17(24)27-4,15(31-11(3)23)14(13)30-10(2)22)32-12-6-5-7-19-16(12)20(25)26/h5-7,13-15H,8H2,1-4H3/t13-,14-,15+,18+/m1/s1. The fourth-order valence-corrected chi connectivity index (χ4v) is 2.97. The lowest BCUT2D eigenvalue weighted by atomic mass is 9.95. The van der Waals surface area contributed by atoms with Crippen molar-refractivity contribution in [2.24, 2.45) is 0 Å². The maximum atomic E-state index is 12.8. The highest BCUT2D eigenvalue weighted by molar-refractivity contribution is 5.81. The number of hydrogen-bond acceptors (Lipinski definition) is 13. The normalized spacial score (nSPS) is 24.6. The molecule has 14 nitrogen and oxygen atoms in total. The molecule has 1 fully saturated rings. The Labute approximate surface area is 180 Å². The van der Waals surface area contributed by atoms with Crippen molar-refractivity contribution >= 4 is 29.7 Å². The average Bonchev–Trinajstić information content (AvgIpc) is 2.70. The average molecular weight is 456 g/mol. The quantitative estimate of drug-likeness (QED) is 0.233.